The van der Waals surface area contributed by atoms with E-state index in [2.05, 4.69) is 35.1 Å². The van der Waals surface area contributed by atoms with Crippen LogP contribution >= 0.6 is 11.3 Å². The van der Waals surface area contributed by atoms with Gasteiger partial charge in [-0.05, 0) is 20.8 Å². The van der Waals surface area contributed by atoms with E-state index < -0.39 is 35.5 Å². The van der Waals surface area contributed by atoms with Crippen LogP contribution in [0.5, 0.6) is 6.01 Å². The molecule has 10 nitrogen and oxygen atoms in total. The molecule has 0 bridgehead atoms. The first kappa shape index (κ1) is 27.7. The van der Waals surface area contributed by atoms with Crippen LogP contribution in [0.1, 0.15) is 28.5 Å². The van der Waals surface area contributed by atoms with Gasteiger partial charge < -0.3 is 15.0 Å². The lowest BCUT2D eigenvalue weighted by Gasteiger charge is -2.45. The number of halogens is 6. The topological polar surface area (TPSA) is 111 Å². The van der Waals surface area contributed by atoms with E-state index in [4.69, 9.17) is 0 Å². The second kappa shape index (κ2) is 10.1. The van der Waals surface area contributed by atoms with Crippen molar-refractivity contribution in [3.8, 4) is 17.3 Å². The van der Waals surface area contributed by atoms with Crippen LogP contribution in [0.3, 0.4) is 0 Å². The lowest BCUT2D eigenvalue weighted by atomic mass is 9.92. The molecular formula is C21H22F6N8O2S. The average Bonchev–Trinajstić information content (AvgIpc) is 3.41. The van der Waals surface area contributed by atoms with Gasteiger partial charge in [0.2, 0.25) is 5.91 Å². The Balaban J connectivity index is 1.72. The number of rotatable bonds is 6. The fourth-order valence-corrected chi connectivity index (χ4v) is 5.16. The van der Waals surface area contributed by atoms with E-state index in [0.717, 1.165) is 12.4 Å². The second-order valence-electron chi connectivity index (χ2n) is 8.71. The molecule has 4 heterocycles. The number of alkyl halides is 6. The Labute approximate surface area is 216 Å². The largest absolute Gasteiger partial charge is 0.454 e. The number of hydrogen-bond acceptors (Lipinski definition) is 9. The van der Waals surface area contributed by atoms with Crippen LogP contribution < -0.4 is 10.1 Å². The van der Waals surface area contributed by atoms with Gasteiger partial charge in [-0.15, -0.1) is 11.3 Å². The SMILES string of the molecule is Cc1nc(C)n(CC(=O)N2CCNC[C@]2(C)c2sc(C(F)(F)F)nc2-c2cnc(OCC(F)(F)F)nc2)n1. The van der Waals surface area contributed by atoms with Crippen molar-refractivity contribution in [2.45, 2.75) is 45.2 Å². The summed E-state index contributed by atoms with van der Waals surface area (Å²) in [6.07, 6.45) is -7.33. The summed E-state index contributed by atoms with van der Waals surface area (Å²) in [7, 11) is 0. The van der Waals surface area contributed by atoms with E-state index in [-0.39, 0.29) is 41.7 Å². The fraction of sp³-hybridized carbons (Fsp3) is 0.524. The molecule has 206 valence electrons. The monoisotopic (exact) mass is 564 g/mol. The molecule has 3 aromatic rings. The minimum Gasteiger partial charge on any atom is -0.454 e. The summed E-state index contributed by atoms with van der Waals surface area (Å²) in [5.74, 6) is 0.596. The predicted octanol–water partition coefficient (Wildman–Crippen LogP) is 3.12. The zero-order valence-electron chi connectivity index (χ0n) is 20.3. The molecule has 0 radical (unpaired) electrons. The summed E-state index contributed by atoms with van der Waals surface area (Å²) >= 11 is 0.379. The standard InChI is InChI=1S/C21H22F6N8O2S/c1-11-31-12(2)35(33-11)8-14(36)34-5-4-28-9-19(34,3)16-15(32-17(38-16)21(25,26)27)13-6-29-18(30-7-13)37-10-20(22,23)24/h6-7,28H,4-5,8-10H2,1-3H3/t19-/m1/s1. The quantitative estimate of drug-likeness (QED) is 0.455. The normalized spacial score (nSPS) is 18.6. The molecule has 0 saturated carbocycles. The molecule has 38 heavy (non-hydrogen) atoms. The number of aryl methyl sites for hydroxylation is 2. The first-order valence-electron chi connectivity index (χ1n) is 11.2. The van der Waals surface area contributed by atoms with Crippen molar-refractivity contribution in [1.29, 1.82) is 0 Å². The number of piperazine rings is 1. The van der Waals surface area contributed by atoms with Gasteiger partial charge in [0.1, 0.15) is 18.2 Å². The van der Waals surface area contributed by atoms with E-state index in [1.807, 2.05) is 0 Å². The van der Waals surface area contributed by atoms with E-state index in [1.54, 1.807) is 20.8 Å². The highest BCUT2D eigenvalue weighted by Gasteiger charge is 2.46. The third kappa shape index (κ3) is 5.87. The Morgan fingerprint density at radius 1 is 1.16 bits per heavy atom. The zero-order chi connectivity index (χ0) is 27.9. The minimum absolute atomic E-state index is 0.0213. The number of hydrogen-bond donors (Lipinski definition) is 1. The van der Waals surface area contributed by atoms with Gasteiger partial charge >= 0.3 is 18.4 Å². The third-order valence-electron chi connectivity index (χ3n) is 5.75. The second-order valence-corrected chi connectivity index (χ2v) is 9.71. The fourth-order valence-electron chi connectivity index (χ4n) is 4.05. The Bertz CT molecular complexity index is 1310. The van der Waals surface area contributed by atoms with Gasteiger partial charge in [0, 0.05) is 37.6 Å². The molecule has 1 amide bonds. The van der Waals surface area contributed by atoms with Crippen molar-refractivity contribution >= 4 is 17.2 Å². The summed E-state index contributed by atoms with van der Waals surface area (Å²) in [4.78, 5) is 30.3. The van der Waals surface area contributed by atoms with Crippen LogP contribution in [0.15, 0.2) is 12.4 Å². The van der Waals surface area contributed by atoms with Crippen molar-refractivity contribution in [3.05, 3.63) is 33.9 Å². The summed E-state index contributed by atoms with van der Waals surface area (Å²) in [6.45, 7) is 3.90. The Morgan fingerprint density at radius 2 is 1.84 bits per heavy atom. The van der Waals surface area contributed by atoms with Gasteiger partial charge in [0.25, 0.3) is 0 Å². The highest BCUT2D eigenvalue weighted by atomic mass is 32.1. The molecule has 3 aromatic heterocycles. The lowest BCUT2D eigenvalue weighted by Crippen LogP contribution is -2.60. The van der Waals surface area contributed by atoms with Crippen molar-refractivity contribution in [1.82, 2.24) is 39.9 Å². The number of carbonyl (C=O) groups excluding carboxylic acids is 1. The first-order chi connectivity index (χ1) is 17.7. The van der Waals surface area contributed by atoms with E-state index >= 15 is 0 Å². The van der Waals surface area contributed by atoms with Crippen molar-refractivity contribution < 1.29 is 35.9 Å². The van der Waals surface area contributed by atoms with Crippen LogP contribution in [0.25, 0.3) is 11.3 Å². The molecule has 0 spiro atoms. The van der Waals surface area contributed by atoms with E-state index in [1.165, 1.54) is 9.58 Å². The van der Waals surface area contributed by atoms with E-state index in [0.29, 0.717) is 29.5 Å². The Morgan fingerprint density at radius 3 is 2.42 bits per heavy atom. The predicted molar refractivity (Wildman–Crippen MR) is 121 cm³/mol. The van der Waals surface area contributed by atoms with E-state index in [9.17, 15) is 31.1 Å². The summed E-state index contributed by atoms with van der Waals surface area (Å²) in [5.41, 5.74) is -1.38. The number of nitrogens with zero attached hydrogens (tertiary/aromatic N) is 7. The van der Waals surface area contributed by atoms with Gasteiger partial charge in [-0.1, -0.05) is 0 Å². The lowest BCUT2D eigenvalue weighted by molar-refractivity contribution is -0.154. The first-order valence-corrected chi connectivity index (χ1v) is 12.0. The Hall–Kier alpha value is -3.34. The molecule has 1 aliphatic heterocycles. The molecule has 0 aromatic carbocycles. The molecule has 1 N–H and O–H groups in total. The zero-order valence-corrected chi connectivity index (χ0v) is 21.1. The molecule has 4 rings (SSSR count). The van der Waals surface area contributed by atoms with Crippen LogP contribution in [0.2, 0.25) is 0 Å². The number of thiazole rings is 1. The van der Waals surface area contributed by atoms with Crippen molar-refractivity contribution in [2.24, 2.45) is 0 Å². The van der Waals surface area contributed by atoms with Gasteiger partial charge in [-0.25, -0.2) is 24.6 Å². The maximum Gasteiger partial charge on any atom is 0.443 e. The Kier molecular flexibility index (Phi) is 7.35. The molecule has 1 fully saturated rings. The minimum atomic E-state index is -4.78. The van der Waals surface area contributed by atoms with Gasteiger partial charge in [-0.3, -0.25) is 4.79 Å². The van der Waals surface area contributed by atoms with Crippen LogP contribution in [-0.2, 0) is 23.1 Å². The number of carbonyl (C=O) groups is 1. The van der Waals surface area contributed by atoms with Gasteiger partial charge in [0.15, 0.2) is 11.6 Å². The summed E-state index contributed by atoms with van der Waals surface area (Å²) in [6, 6.07) is -0.597. The average molecular weight is 565 g/mol. The number of nitrogens with one attached hydrogen (secondary N) is 1. The van der Waals surface area contributed by atoms with Gasteiger partial charge in [-0.2, -0.15) is 31.4 Å². The number of aromatic nitrogens is 6. The summed E-state index contributed by atoms with van der Waals surface area (Å²) in [5, 5.41) is 6.16. The third-order valence-corrected chi connectivity index (χ3v) is 7.10. The molecule has 1 saturated heterocycles. The maximum absolute atomic E-state index is 13.7. The molecule has 0 unspecified atom stereocenters. The maximum atomic E-state index is 13.7. The van der Waals surface area contributed by atoms with Crippen molar-refractivity contribution in [2.75, 3.05) is 26.2 Å². The van der Waals surface area contributed by atoms with Crippen LogP contribution in [-0.4, -0.2) is 72.9 Å². The van der Waals surface area contributed by atoms with Crippen LogP contribution in [0, 0.1) is 13.8 Å². The molecular weight excluding hydrogens is 542 g/mol. The van der Waals surface area contributed by atoms with Crippen LogP contribution in [0.4, 0.5) is 26.3 Å². The van der Waals surface area contributed by atoms with Crippen molar-refractivity contribution in [3.63, 3.8) is 0 Å². The van der Waals surface area contributed by atoms with Gasteiger partial charge in [0.05, 0.1) is 16.1 Å². The smallest absolute Gasteiger partial charge is 0.443 e. The number of ether oxygens (including phenoxy) is 1. The highest BCUT2D eigenvalue weighted by Crippen LogP contribution is 2.44. The molecule has 17 heteroatoms. The number of amides is 1. The highest BCUT2D eigenvalue weighted by molar-refractivity contribution is 7.12. The molecule has 1 aliphatic rings. The molecule has 1 atom stereocenters. The molecule has 0 aliphatic carbocycles. The summed E-state index contributed by atoms with van der Waals surface area (Å²) < 4.78 is 84.4.